The molecule has 1 saturated heterocycles. The molecule has 1 amide bonds. The SMILES string of the molecule is CNC(=O)[C@H]1CCN(c2ncccc2C#N)C1. The predicted molar refractivity (Wildman–Crippen MR) is 63.3 cm³/mol. The van der Waals surface area contributed by atoms with Crippen LogP contribution in [-0.4, -0.2) is 31.0 Å². The first kappa shape index (κ1) is 11.4. The van der Waals surface area contributed by atoms with Crippen LogP contribution in [0.1, 0.15) is 12.0 Å². The van der Waals surface area contributed by atoms with Crippen molar-refractivity contribution in [2.75, 3.05) is 25.0 Å². The van der Waals surface area contributed by atoms with Crippen LogP contribution in [0.15, 0.2) is 18.3 Å². The van der Waals surface area contributed by atoms with Gasteiger partial charge in [-0.1, -0.05) is 0 Å². The van der Waals surface area contributed by atoms with E-state index < -0.39 is 0 Å². The van der Waals surface area contributed by atoms with Crippen LogP contribution >= 0.6 is 0 Å². The third kappa shape index (κ3) is 2.21. The average Bonchev–Trinajstić information content (AvgIpc) is 2.87. The van der Waals surface area contributed by atoms with Gasteiger partial charge in [0.25, 0.3) is 0 Å². The Morgan fingerprint density at radius 3 is 3.24 bits per heavy atom. The van der Waals surface area contributed by atoms with Gasteiger partial charge in [0, 0.05) is 26.3 Å². The maximum atomic E-state index is 11.5. The summed E-state index contributed by atoms with van der Waals surface area (Å²) in [5, 5.41) is 11.7. The van der Waals surface area contributed by atoms with E-state index in [9.17, 15) is 4.79 Å². The van der Waals surface area contributed by atoms with E-state index in [2.05, 4.69) is 16.4 Å². The van der Waals surface area contributed by atoms with Crippen LogP contribution in [0.2, 0.25) is 0 Å². The first-order chi connectivity index (χ1) is 8.26. The molecule has 5 nitrogen and oxygen atoms in total. The van der Waals surface area contributed by atoms with Gasteiger partial charge >= 0.3 is 0 Å². The van der Waals surface area contributed by atoms with Crippen LogP contribution in [0, 0.1) is 17.2 Å². The first-order valence-electron chi connectivity index (χ1n) is 5.58. The summed E-state index contributed by atoms with van der Waals surface area (Å²) in [7, 11) is 1.65. The summed E-state index contributed by atoms with van der Waals surface area (Å²) in [6.45, 7) is 1.40. The second kappa shape index (κ2) is 4.83. The van der Waals surface area contributed by atoms with Gasteiger partial charge in [0.2, 0.25) is 5.91 Å². The number of anilines is 1. The smallest absolute Gasteiger partial charge is 0.224 e. The number of hydrogen-bond acceptors (Lipinski definition) is 4. The summed E-state index contributed by atoms with van der Waals surface area (Å²) in [5.41, 5.74) is 0.560. The van der Waals surface area contributed by atoms with E-state index in [1.54, 1.807) is 25.4 Å². The number of nitrogens with one attached hydrogen (secondary N) is 1. The molecule has 1 aromatic heterocycles. The van der Waals surface area contributed by atoms with E-state index in [1.807, 2.05) is 4.90 Å². The Bertz CT molecular complexity index is 466. The summed E-state index contributed by atoms with van der Waals surface area (Å²) in [5.74, 6) is 0.733. The lowest BCUT2D eigenvalue weighted by molar-refractivity contribution is -0.123. The predicted octanol–water partition coefficient (Wildman–Crippen LogP) is 0.526. The second-order valence-electron chi connectivity index (χ2n) is 4.03. The maximum absolute atomic E-state index is 11.5. The van der Waals surface area contributed by atoms with E-state index in [-0.39, 0.29) is 11.8 Å². The van der Waals surface area contributed by atoms with Gasteiger partial charge in [0.05, 0.1) is 11.5 Å². The van der Waals surface area contributed by atoms with Gasteiger partial charge in [-0.15, -0.1) is 0 Å². The number of rotatable bonds is 2. The van der Waals surface area contributed by atoms with Crippen LogP contribution in [0.5, 0.6) is 0 Å². The minimum Gasteiger partial charge on any atom is -0.359 e. The fraction of sp³-hybridized carbons (Fsp3) is 0.417. The van der Waals surface area contributed by atoms with E-state index in [0.29, 0.717) is 17.9 Å². The highest BCUT2D eigenvalue weighted by Gasteiger charge is 2.29. The Morgan fingerprint density at radius 2 is 2.53 bits per heavy atom. The van der Waals surface area contributed by atoms with Gasteiger partial charge in [-0.25, -0.2) is 4.98 Å². The largest absolute Gasteiger partial charge is 0.359 e. The molecule has 2 heterocycles. The lowest BCUT2D eigenvalue weighted by atomic mass is 10.1. The van der Waals surface area contributed by atoms with Crippen molar-refractivity contribution in [3.05, 3.63) is 23.9 Å². The molecule has 0 bridgehead atoms. The molecule has 0 spiro atoms. The number of pyridine rings is 1. The second-order valence-corrected chi connectivity index (χ2v) is 4.03. The minimum absolute atomic E-state index is 0.00597. The molecule has 1 aliphatic rings. The van der Waals surface area contributed by atoms with Gasteiger partial charge < -0.3 is 10.2 Å². The van der Waals surface area contributed by atoms with Crippen molar-refractivity contribution in [2.45, 2.75) is 6.42 Å². The average molecular weight is 230 g/mol. The molecular formula is C12H14N4O. The van der Waals surface area contributed by atoms with Crippen LogP contribution in [0.3, 0.4) is 0 Å². The number of amides is 1. The van der Waals surface area contributed by atoms with E-state index in [4.69, 9.17) is 5.26 Å². The van der Waals surface area contributed by atoms with Gasteiger partial charge in [-0.3, -0.25) is 4.79 Å². The van der Waals surface area contributed by atoms with Gasteiger partial charge in [-0.2, -0.15) is 5.26 Å². The third-order valence-electron chi connectivity index (χ3n) is 3.01. The van der Waals surface area contributed by atoms with Crippen molar-refractivity contribution in [1.82, 2.24) is 10.3 Å². The van der Waals surface area contributed by atoms with Gasteiger partial charge in [0.1, 0.15) is 11.9 Å². The Hall–Kier alpha value is -2.09. The molecule has 2 rings (SSSR count). The molecule has 17 heavy (non-hydrogen) atoms. The number of carbonyl (C=O) groups is 1. The van der Waals surface area contributed by atoms with E-state index in [0.717, 1.165) is 13.0 Å². The molecule has 1 aromatic rings. The molecule has 1 atom stereocenters. The molecule has 0 aromatic carbocycles. The molecule has 88 valence electrons. The molecule has 1 aliphatic heterocycles. The molecule has 0 radical (unpaired) electrons. The van der Waals surface area contributed by atoms with Gasteiger partial charge in [0.15, 0.2) is 0 Å². The van der Waals surface area contributed by atoms with Crippen LogP contribution < -0.4 is 10.2 Å². The molecule has 0 unspecified atom stereocenters. The molecular weight excluding hydrogens is 216 g/mol. The highest BCUT2D eigenvalue weighted by atomic mass is 16.1. The fourth-order valence-electron chi connectivity index (χ4n) is 2.11. The van der Waals surface area contributed by atoms with Crippen molar-refractivity contribution in [2.24, 2.45) is 5.92 Å². The zero-order valence-corrected chi connectivity index (χ0v) is 9.68. The Morgan fingerprint density at radius 1 is 1.71 bits per heavy atom. The third-order valence-corrected chi connectivity index (χ3v) is 3.01. The number of nitrogens with zero attached hydrogens (tertiary/aromatic N) is 3. The van der Waals surface area contributed by atoms with Crippen LogP contribution in [0.25, 0.3) is 0 Å². The highest BCUT2D eigenvalue weighted by molar-refractivity contribution is 5.79. The normalized spacial score (nSPS) is 18.8. The van der Waals surface area contributed by atoms with E-state index in [1.165, 1.54) is 0 Å². The molecule has 0 saturated carbocycles. The maximum Gasteiger partial charge on any atom is 0.224 e. The standard InChI is InChI=1S/C12H14N4O/c1-14-12(17)10-4-6-16(8-10)11-9(7-13)3-2-5-15-11/h2-3,5,10H,4,6,8H2,1H3,(H,14,17)/t10-/m0/s1. The summed E-state index contributed by atoms with van der Waals surface area (Å²) in [6, 6.07) is 5.62. The topological polar surface area (TPSA) is 69.0 Å². The molecule has 5 heteroatoms. The summed E-state index contributed by atoms with van der Waals surface area (Å²) in [4.78, 5) is 17.7. The highest BCUT2D eigenvalue weighted by Crippen LogP contribution is 2.24. The molecule has 1 N–H and O–H groups in total. The Balaban J connectivity index is 2.16. The summed E-state index contributed by atoms with van der Waals surface area (Å²) in [6.07, 6.45) is 2.48. The summed E-state index contributed by atoms with van der Waals surface area (Å²) < 4.78 is 0. The molecule has 0 aliphatic carbocycles. The lowest BCUT2D eigenvalue weighted by Crippen LogP contribution is -2.30. The Labute approximate surface area is 100 Å². The van der Waals surface area contributed by atoms with Crippen molar-refractivity contribution >= 4 is 11.7 Å². The van der Waals surface area contributed by atoms with E-state index >= 15 is 0 Å². The van der Waals surface area contributed by atoms with Crippen molar-refractivity contribution in [1.29, 1.82) is 5.26 Å². The monoisotopic (exact) mass is 230 g/mol. The van der Waals surface area contributed by atoms with Crippen molar-refractivity contribution in [3.63, 3.8) is 0 Å². The zero-order chi connectivity index (χ0) is 12.3. The number of carbonyl (C=O) groups excluding carboxylic acids is 1. The van der Waals surface area contributed by atoms with Gasteiger partial charge in [-0.05, 0) is 18.6 Å². The first-order valence-corrected chi connectivity index (χ1v) is 5.58. The quantitative estimate of drug-likeness (QED) is 0.804. The fourth-order valence-corrected chi connectivity index (χ4v) is 2.11. The zero-order valence-electron chi connectivity index (χ0n) is 9.68. The van der Waals surface area contributed by atoms with Crippen LogP contribution in [-0.2, 0) is 4.79 Å². The summed E-state index contributed by atoms with van der Waals surface area (Å²) >= 11 is 0. The number of aromatic nitrogens is 1. The van der Waals surface area contributed by atoms with Crippen molar-refractivity contribution < 1.29 is 4.79 Å². The van der Waals surface area contributed by atoms with Crippen LogP contribution in [0.4, 0.5) is 5.82 Å². The Kier molecular flexibility index (Phi) is 3.24. The minimum atomic E-state index is -0.00597. The van der Waals surface area contributed by atoms with Crippen molar-refractivity contribution in [3.8, 4) is 6.07 Å². The number of hydrogen-bond donors (Lipinski definition) is 1. The number of nitriles is 1. The molecule has 1 fully saturated rings. The lowest BCUT2D eigenvalue weighted by Gasteiger charge is -2.17.